The zero-order valence-corrected chi connectivity index (χ0v) is 20.1. The van der Waals surface area contributed by atoms with Crippen molar-refractivity contribution in [3.63, 3.8) is 0 Å². The molecule has 10 heteroatoms. The summed E-state index contributed by atoms with van der Waals surface area (Å²) in [6.45, 7) is 2.06. The predicted octanol–water partition coefficient (Wildman–Crippen LogP) is 4.70. The fourth-order valence-corrected chi connectivity index (χ4v) is 4.38. The van der Waals surface area contributed by atoms with E-state index in [1.165, 1.54) is 17.4 Å². The number of hydrogen-bond donors (Lipinski definition) is 1. The predicted molar refractivity (Wildman–Crippen MR) is 133 cm³/mol. The second-order valence-corrected chi connectivity index (χ2v) is 8.44. The number of carbonyl (C=O) groups excluding carboxylic acids is 1. The number of rotatable bonds is 7. The molecule has 2 aromatic heterocycles. The summed E-state index contributed by atoms with van der Waals surface area (Å²) in [6.07, 6.45) is 3.17. The maximum atomic E-state index is 12.6. The van der Waals surface area contributed by atoms with Crippen LogP contribution in [0.5, 0.6) is 23.0 Å². The fourth-order valence-electron chi connectivity index (χ4n) is 3.58. The monoisotopic (exact) mass is 490 g/mol. The largest absolute Gasteiger partial charge is 0.493 e. The van der Waals surface area contributed by atoms with Gasteiger partial charge in [0.1, 0.15) is 5.82 Å². The Labute approximate surface area is 205 Å². The van der Waals surface area contributed by atoms with Gasteiger partial charge in [0.25, 0.3) is 0 Å². The van der Waals surface area contributed by atoms with Crippen molar-refractivity contribution in [1.82, 2.24) is 14.8 Å². The summed E-state index contributed by atoms with van der Waals surface area (Å²) < 4.78 is 23.0. The lowest BCUT2D eigenvalue weighted by Crippen LogP contribution is -2.12. The zero-order chi connectivity index (χ0) is 24.4. The number of aryl methyl sites for hydroxylation is 1. The average Bonchev–Trinajstić information content (AvgIpc) is 3.61. The number of ether oxygens (including phenoxy) is 4. The van der Waals surface area contributed by atoms with Crippen molar-refractivity contribution in [1.29, 1.82) is 0 Å². The van der Waals surface area contributed by atoms with Gasteiger partial charge in [0.05, 0.1) is 25.6 Å². The number of thiazole rings is 1. The van der Waals surface area contributed by atoms with Gasteiger partial charge in [-0.15, -0.1) is 11.3 Å². The summed E-state index contributed by atoms with van der Waals surface area (Å²) in [4.78, 5) is 17.3. The van der Waals surface area contributed by atoms with Crippen molar-refractivity contribution < 1.29 is 23.7 Å². The van der Waals surface area contributed by atoms with Gasteiger partial charge < -0.3 is 24.3 Å². The molecule has 0 aliphatic carbocycles. The van der Waals surface area contributed by atoms with E-state index in [1.54, 1.807) is 31.0 Å². The average molecular weight is 491 g/mol. The normalized spacial score (nSPS) is 12.2. The van der Waals surface area contributed by atoms with Crippen molar-refractivity contribution >= 4 is 29.1 Å². The van der Waals surface area contributed by atoms with Crippen LogP contribution in [0.3, 0.4) is 0 Å². The van der Waals surface area contributed by atoms with Crippen LogP contribution < -0.4 is 24.3 Å². The lowest BCUT2D eigenvalue weighted by molar-refractivity contribution is -0.111. The first kappa shape index (κ1) is 22.5. The Morgan fingerprint density at radius 3 is 2.74 bits per heavy atom. The molecule has 5 rings (SSSR count). The van der Waals surface area contributed by atoms with E-state index in [9.17, 15) is 4.79 Å². The highest BCUT2D eigenvalue weighted by Crippen LogP contribution is 2.34. The molecule has 1 aliphatic rings. The highest BCUT2D eigenvalue weighted by atomic mass is 32.1. The minimum atomic E-state index is -0.291. The molecule has 35 heavy (non-hydrogen) atoms. The molecule has 1 N–H and O–H groups in total. The standard InChI is InChI=1S/C25H22N4O5S/c1-15-10-23(27-24(30)9-5-16-4-7-20-22(11-16)34-14-33-20)29(28-15)25-26-18(13-35-25)17-6-8-19(31-2)21(12-17)32-3/h4-13H,14H2,1-3H3,(H,27,30)/b9-5+. The Kier molecular flexibility index (Phi) is 6.11. The summed E-state index contributed by atoms with van der Waals surface area (Å²) in [5, 5.41) is 9.95. The molecule has 0 saturated heterocycles. The number of aromatic nitrogens is 3. The molecule has 3 heterocycles. The molecule has 0 bridgehead atoms. The first-order valence-electron chi connectivity index (χ1n) is 10.7. The number of carbonyl (C=O) groups is 1. The van der Waals surface area contributed by atoms with Crippen LogP contribution in [0.4, 0.5) is 5.82 Å². The van der Waals surface area contributed by atoms with E-state index in [4.69, 9.17) is 23.9 Å². The number of anilines is 1. The third-order valence-corrected chi connectivity index (χ3v) is 6.08. The first-order chi connectivity index (χ1) is 17.0. The lowest BCUT2D eigenvalue weighted by Gasteiger charge is -2.08. The summed E-state index contributed by atoms with van der Waals surface area (Å²) in [5.74, 6) is 2.86. The minimum absolute atomic E-state index is 0.205. The molecule has 1 aliphatic heterocycles. The van der Waals surface area contributed by atoms with Crippen molar-refractivity contribution in [2.75, 3.05) is 26.3 Å². The Morgan fingerprint density at radius 2 is 1.91 bits per heavy atom. The number of hydrogen-bond acceptors (Lipinski definition) is 8. The first-order valence-corrected chi connectivity index (χ1v) is 11.6. The number of methoxy groups -OCH3 is 2. The topological polar surface area (TPSA) is 96.7 Å². The molecule has 4 aromatic rings. The van der Waals surface area contributed by atoms with Crippen molar-refractivity contribution in [2.45, 2.75) is 6.92 Å². The molecule has 2 aromatic carbocycles. The Bertz CT molecular complexity index is 1430. The van der Waals surface area contributed by atoms with Crippen LogP contribution in [0.1, 0.15) is 11.3 Å². The Morgan fingerprint density at radius 1 is 1.09 bits per heavy atom. The van der Waals surface area contributed by atoms with Gasteiger partial charge in [0, 0.05) is 23.1 Å². The second-order valence-electron chi connectivity index (χ2n) is 7.60. The third-order valence-electron chi connectivity index (χ3n) is 5.26. The van der Waals surface area contributed by atoms with Gasteiger partial charge in [-0.1, -0.05) is 6.07 Å². The van der Waals surface area contributed by atoms with Gasteiger partial charge >= 0.3 is 0 Å². The van der Waals surface area contributed by atoms with E-state index >= 15 is 0 Å². The van der Waals surface area contributed by atoms with Crippen LogP contribution in [0.2, 0.25) is 0 Å². The van der Waals surface area contributed by atoms with E-state index in [-0.39, 0.29) is 12.7 Å². The molecule has 0 saturated carbocycles. The van der Waals surface area contributed by atoms with E-state index in [0.29, 0.717) is 33.9 Å². The number of benzene rings is 2. The fraction of sp³-hybridized carbons (Fsp3) is 0.160. The molecular formula is C25H22N4O5S. The molecule has 0 fully saturated rings. The number of fused-ring (bicyclic) bond motifs is 1. The Balaban J connectivity index is 1.34. The molecule has 0 spiro atoms. The van der Waals surface area contributed by atoms with E-state index in [1.807, 2.05) is 48.7 Å². The molecule has 1 amide bonds. The third kappa shape index (κ3) is 4.69. The minimum Gasteiger partial charge on any atom is -0.493 e. The van der Waals surface area contributed by atoms with Crippen LogP contribution in [0.15, 0.2) is 53.9 Å². The summed E-state index contributed by atoms with van der Waals surface area (Å²) in [6, 6.07) is 12.9. The van der Waals surface area contributed by atoms with Gasteiger partial charge in [-0.3, -0.25) is 4.79 Å². The smallest absolute Gasteiger partial charge is 0.249 e. The van der Waals surface area contributed by atoms with E-state index < -0.39 is 0 Å². The van der Waals surface area contributed by atoms with Gasteiger partial charge in [0.2, 0.25) is 17.8 Å². The molecule has 0 unspecified atom stereocenters. The highest BCUT2D eigenvalue weighted by molar-refractivity contribution is 7.12. The quantitative estimate of drug-likeness (QED) is 0.375. The Hall–Kier alpha value is -4.31. The lowest BCUT2D eigenvalue weighted by atomic mass is 10.1. The second kappa shape index (κ2) is 9.51. The molecule has 178 valence electrons. The van der Waals surface area contributed by atoms with Crippen molar-refractivity contribution in [2.24, 2.45) is 0 Å². The van der Waals surface area contributed by atoms with Crippen LogP contribution >= 0.6 is 11.3 Å². The summed E-state index contributed by atoms with van der Waals surface area (Å²) in [7, 11) is 3.19. The SMILES string of the molecule is COc1ccc(-c2csc(-n3nc(C)cc3NC(=O)/C=C/c3ccc4c(c3)OCO4)n2)cc1OC. The van der Waals surface area contributed by atoms with Crippen LogP contribution in [-0.2, 0) is 4.79 Å². The molecule has 9 nitrogen and oxygen atoms in total. The van der Waals surface area contributed by atoms with Crippen LogP contribution in [-0.4, -0.2) is 41.7 Å². The van der Waals surface area contributed by atoms with Gasteiger partial charge in [0.15, 0.2) is 23.0 Å². The highest BCUT2D eigenvalue weighted by Gasteiger charge is 2.16. The number of amides is 1. The van der Waals surface area contributed by atoms with E-state index in [2.05, 4.69) is 10.4 Å². The van der Waals surface area contributed by atoms with Crippen LogP contribution in [0, 0.1) is 6.92 Å². The maximum Gasteiger partial charge on any atom is 0.249 e. The van der Waals surface area contributed by atoms with Crippen molar-refractivity contribution in [3.8, 4) is 39.4 Å². The van der Waals surface area contributed by atoms with Crippen molar-refractivity contribution in [3.05, 3.63) is 65.2 Å². The van der Waals surface area contributed by atoms with Crippen LogP contribution in [0.25, 0.3) is 22.5 Å². The maximum absolute atomic E-state index is 12.6. The molecule has 0 radical (unpaired) electrons. The van der Waals surface area contributed by atoms with Gasteiger partial charge in [-0.05, 0) is 48.9 Å². The van der Waals surface area contributed by atoms with Gasteiger partial charge in [-0.2, -0.15) is 9.78 Å². The zero-order valence-electron chi connectivity index (χ0n) is 19.3. The number of nitrogens with one attached hydrogen (secondary N) is 1. The van der Waals surface area contributed by atoms with Gasteiger partial charge in [-0.25, -0.2) is 4.98 Å². The summed E-state index contributed by atoms with van der Waals surface area (Å²) in [5.41, 5.74) is 3.22. The molecule has 0 atom stereocenters. The summed E-state index contributed by atoms with van der Waals surface area (Å²) >= 11 is 1.42. The van der Waals surface area contributed by atoms with E-state index in [0.717, 1.165) is 22.5 Å². The molecular weight excluding hydrogens is 468 g/mol. The number of nitrogens with zero attached hydrogens (tertiary/aromatic N) is 3.